The number of carbonyl (C=O) groups is 1. The van der Waals surface area contributed by atoms with Crippen molar-refractivity contribution >= 4 is 27.5 Å². The Morgan fingerprint density at radius 2 is 2.21 bits per heavy atom. The molecule has 1 aliphatic carbocycles. The lowest BCUT2D eigenvalue weighted by Gasteiger charge is -2.17. The van der Waals surface area contributed by atoms with Gasteiger partial charge in [-0.25, -0.2) is 4.98 Å². The number of carbonyl (C=O) groups excluding carboxylic acids is 1. The quantitative estimate of drug-likeness (QED) is 0.679. The van der Waals surface area contributed by atoms with Crippen molar-refractivity contribution in [1.29, 1.82) is 0 Å². The highest BCUT2D eigenvalue weighted by molar-refractivity contribution is 7.18. The van der Waals surface area contributed by atoms with Crippen LogP contribution < -0.4 is 10.9 Å². The Balaban J connectivity index is 1.53. The molecule has 0 radical (unpaired) electrons. The van der Waals surface area contributed by atoms with Crippen molar-refractivity contribution in [3.63, 3.8) is 0 Å². The van der Waals surface area contributed by atoms with Crippen molar-refractivity contribution in [3.05, 3.63) is 26.6 Å². The van der Waals surface area contributed by atoms with Crippen molar-refractivity contribution in [3.8, 4) is 0 Å². The molecule has 0 spiro atoms. The second-order valence-electron chi connectivity index (χ2n) is 7.06. The van der Waals surface area contributed by atoms with Crippen LogP contribution in [0.2, 0.25) is 0 Å². The molecule has 10 heteroatoms. The monoisotopic (exact) mass is 417 g/mol. The second-order valence-corrected chi connectivity index (χ2v) is 8.15. The molecule has 0 saturated heterocycles. The SMILES string of the molecule is CC1CCc2c(sc3nc(CCC(=O)NCCOCC(F)(F)F)[nH]c(=O)c23)C1. The maximum absolute atomic E-state index is 12.5. The minimum absolute atomic E-state index is 0.00622. The molecule has 0 fully saturated rings. The largest absolute Gasteiger partial charge is 0.411 e. The van der Waals surface area contributed by atoms with Gasteiger partial charge in [0.1, 0.15) is 17.3 Å². The van der Waals surface area contributed by atoms with Crippen LogP contribution in [0.4, 0.5) is 13.2 Å². The molecule has 6 nitrogen and oxygen atoms in total. The molecule has 154 valence electrons. The summed E-state index contributed by atoms with van der Waals surface area (Å²) in [5.41, 5.74) is 0.933. The molecule has 3 rings (SSSR count). The number of aromatic nitrogens is 2. The van der Waals surface area contributed by atoms with Crippen LogP contribution in [-0.4, -0.2) is 41.8 Å². The van der Waals surface area contributed by atoms with E-state index in [4.69, 9.17) is 0 Å². The number of rotatable bonds is 7. The molecule has 1 unspecified atom stereocenters. The van der Waals surface area contributed by atoms with Crippen molar-refractivity contribution in [2.24, 2.45) is 5.92 Å². The zero-order valence-corrected chi connectivity index (χ0v) is 16.3. The Hall–Kier alpha value is -1.94. The van der Waals surface area contributed by atoms with E-state index in [1.807, 2.05) is 0 Å². The average Bonchev–Trinajstić information content (AvgIpc) is 2.96. The van der Waals surface area contributed by atoms with Crippen LogP contribution in [0.15, 0.2) is 4.79 Å². The number of halogens is 3. The summed E-state index contributed by atoms with van der Waals surface area (Å²) in [6, 6.07) is 0. The molecular formula is C18H22F3N3O3S. The zero-order chi connectivity index (χ0) is 20.3. The van der Waals surface area contributed by atoms with Crippen LogP contribution in [0, 0.1) is 5.92 Å². The normalized spacial score (nSPS) is 16.9. The molecular weight excluding hydrogens is 395 g/mol. The van der Waals surface area contributed by atoms with Gasteiger partial charge in [0.25, 0.3) is 5.56 Å². The maximum Gasteiger partial charge on any atom is 0.411 e. The summed E-state index contributed by atoms with van der Waals surface area (Å²) in [6.45, 7) is 0.639. The minimum Gasteiger partial charge on any atom is -0.370 e. The van der Waals surface area contributed by atoms with E-state index in [1.165, 1.54) is 4.88 Å². The number of aromatic amines is 1. The Bertz CT molecular complexity index is 907. The van der Waals surface area contributed by atoms with Gasteiger partial charge in [0.15, 0.2) is 0 Å². The van der Waals surface area contributed by atoms with E-state index in [0.29, 0.717) is 22.0 Å². The Morgan fingerprint density at radius 3 is 2.96 bits per heavy atom. The van der Waals surface area contributed by atoms with Gasteiger partial charge >= 0.3 is 6.18 Å². The molecule has 0 saturated carbocycles. The number of aryl methyl sites for hydroxylation is 2. The van der Waals surface area contributed by atoms with Crippen LogP contribution in [-0.2, 0) is 28.8 Å². The molecule has 0 bridgehead atoms. The van der Waals surface area contributed by atoms with Crippen LogP contribution in [0.5, 0.6) is 0 Å². The predicted molar refractivity (Wildman–Crippen MR) is 99.6 cm³/mol. The Morgan fingerprint density at radius 1 is 1.43 bits per heavy atom. The van der Waals surface area contributed by atoms with E-state index >= 15 is 0 Å². The van der Waals surface area contributed by atoms with Gasteiger partial charge in [0.05, 0.1) is 12.0 Å². The number of H-pyrrole nitrogens is 1. The lowest BCUT2D eigenvalue weighted by molar-refractivity contribution is -0.173. The van der Waals surface area contributed by atoms with Gasteiger partial charge in [-0.15, -0.1) is 11.3 Å². The maximum atomic E-state index is 12.5. The molecule has 2 N–H and O–H groups in total. The van der Waals surface area contributed by atoms with Gasteiger partial charge in [-0.05, 0) is 30.7 Å². The zero-order valence-electron chi connectivity index (χ0n) is 15.4. The first-order valence-corrected chi connectivity index (χ1v) is 9.99. The van der Waals surface area contributed by atoms with Gasteiger partial charge < -0.3 is 15.0 Å². The molecule has 28 heavy (non-hydrogen) atoms. The van der Waals surface area contributed by atoms with E-state index in [9.17, 15) is 22.8 Å². The van der Waals surface area contributed by atoms with E-state index in [1.54, 1.807) is 11.3 Å². The lowest BCUT2D eigenvalue weighted by Crippen LogP contribution is -2.29. The summed E-state index contributed by atoms with van der Waals surface area (Å²) >= 11 is 1.55. The van der Waals surface area contributed by atoms with E-state index in [0.717, 1.165) is 24.8 Å². The third kappa shape index (κ3) is 5.32. The van der Waals surface area contributed by atoms with Gasteiger partial charge in [-0.1, -0.05) is 6.92 Å². The minimum atomic E-state index is -4.38. The van der Waals surface area contributed by atoms with Gasteiger partial charge in [-0.2, -0.15) is 13.2 Å². The Kier molecular flexibility index (Phi) is 6.39. The standard InChI is InChI=1S/C18H22F3N3O3S/c1-10-2-3-11-12(8-10)28-17-15(11)16(26)23-13(24-17)4-5-14(25)22-6-7-27-9-18(19,20)21/h10H,2-9H2,1H3,(H,22,25)(H,23,24,26). The molecule has 1 aliphatic rings. The first-order chi connectivity index (χ1) is 13.2. The van der Waals surface area contributed by atoms with Crippen LogP contribution >= 0.6 is 11.3 Å². The molecule has 0 aromatic carbocycles. The van der Waals surface area contributed by atoms with E-state index in [-0.39, 0.29) is 37.5 Å². The molecule has 2 aromatic rings. The highest BCUT2D eigenvalue weighted by atomic mass is 32.1. The highest BCUT2D eigenvalue weighted by Crippen LogP contribution is 2.35. The van der Waals surface area contributed by atoms with Gasteiger partial charge in [0.2, 0.25) is 5.91 Å². The molecule has 2 heterocycles. The summed E-state index contributed by atoms with van der Waals surface area (Å²) < 4.78 is 40.2. The third-order valence-electron chi connectivity index (χ3n) is 4.64. The number of nitrogens with zero attached hydrogens (tertiary/aromatic N) is 1. The number of ether oxygens (including phenoxy) is 1. The van der Waals surface area contributed by atoms with Crippen molar-refractivity contribution in [2.75, 3.05) is 19.8 Å². The molecule has 0 aliphatic heterocycles. The van der Waals surface area contributed by atoms with E-state index < -0.39 is 12.8 Å². The van der Waals surface area contributed by atoms with Crippen molar-refractivity contribution < 1.29 is 22.7 Å². The van der Waals surface area contributed by atoms with Crippen LogP contribution in [0.1, 0.15) is 36.0 Å². The van der Waals surface area contributed by atoms with Gasteiger partial charge in [-0.3, -0.25) is 9.59 Å². The lowest BCUT2D eigenvalue weighted by atomic mass is 9.89. The number of nitrogens with one attached hydrogen (secondary N) is 2. The summed E-state index contributed by atoms with van der Waals surface area (Å²) in [4.78, 5) is 33.5. The second kappa shape index (κ2) is 8.60. The van der Waals surface area contributed by atoms with Gasteiger partial charge in [0, 0.05) is 24.3 Å². The molecule has 1 atom stereocenters. The number of fused-ring (bicyclic) bond motifs is 3. The van der Waals surface area contributed by atoms with Crippen LogP contribution in [0.25, 0.3) is 10.2 Å². The highest BCUT2D eigenvalue weighted by Gasteiger charge is 2.27. The summed E-state index contributed by atoms with van der Waals surface area (Å²) in [5, 5.41) is 3.16. The summed E-state index contributed by atoms with van der Waals surface area (Å²) in [5.74, 6) is 0.702. The smallest absolute Gasteiger partial charge is 0.370 e. The first-order valence-electron chi connectivity index (χ1n) is 9.17. The molecule has 2 aromatic heterocycles. The fraction of sp³-hybridized carbons (Fsp3) is 0.611. The topological polar surface area (TPSA) is 84.1 Å². The summed E-state index contributed by atoms with van der Waals surface area (Å²) in [7, 11) is 0. The third-order valence-corrected chi connectivity index (χ3v) is 5.79. The van der Waals surface area contributed by atoms with Crippen molar-refractivity contribution in [2.45, 2.75) is 45.2 Å². The number of hydrogen-bond donors (Lipinski definition) is 2. The number of alkyl halides is 3. The Labute approximate surface area is 163 Å². The molecule has 1 amide bonds. The fourth-order valence-electron chi connectivity index (χ4n) is 3.28. The average molecular weight is 417 g/mol. The number of amides is 1. The van der Waals surface area contributed by atoms with E-state index in [2.05, 4.69) is 26.9 Å². The fourth-order valence-corrected chi connectivity index (χ4v) is 4.68. The summed E-state index contributed by atoms with van der Waals surface area (Å²) in [6.07, 6.45) is -1.13. The first kappa shape index (κ1) is 20.8. The predicted octanol–water partition coefficient (Wildman–Crippen LogP) is 2.74. The van der Waals surface area contributed by atoms with Crippen LogP contribution in [0.3, 0.4) is 0 Å². The number of thiophene rings is 1. The number of hydrogen-bond acceptors (Lipinski definition) is 5. The van der Waals surface area contributed by atoms with Crippen molar-refractivity contribution in [1.82, 2.24) is 15.3 Å².